The Morgan fingerprint density at radius 3 is 2.61 bits per heavy atom. The topological polar surface area (TPSA) is 46.8 Å². The summed E-state index contributed by atoms with van der Waals surface area (Å²) < 4.78 is 1.89. The van der Waals surface area contributed by atoms with Gasteiger partial charge in [0, 0.05) is 19.8 Å². The molecule has 0 unspecified atom stereocenters. The molecule has 0 amide bonds. The predicted octanol–water partition coefficient (Wildman–Crippen LogP) is 2.13. The molecule has 5 nitrogen and oxygen atoms in total. The first kappa shape index (κ1) is 10.7. The average Bonchev–Trinajstić information content (AvgIpc) is 2.81. The van der Waals surface area contributed by atoms with Gasteiger partial charge in [0.2, 0.25) is 0 Å². The van der Waals surface area contributed by atoms with Gasteiger partial charge in [-0.05, 0) is 12.1 Å². The molecule has 1 aromatic carbocycles. The maximum Gasteiger partial charge on any atom is 0.165 e. The summed E-state index contributed by atoms with van der Waals surface area (Å²) in [4.78, 5) is 14.9. The Morgan fingerprint density at radius 1 is 1.06 bits per heavy atom. The van der Waals surface area contributed by atoms with E-state index in [9.17, 15) is 0 Å². The number of aromatic nitrogens is 4. The lowest BCUT2D eigenvalue weighted by atomic mass is 10.3. The molecule has 3 aromatic rings. The molecule has 3 rings (SSSR count). The van der Waals surface area contributed by atoms with Crippen LogP contribution in [-0.4, -0.2) is 26.6 Å². The van der Waals surface area contributed by atoms with Crippen LogP contribution in [0.2, 0.25) is 0 Å². The molecular formula is C13H13N5. The van der Waals surface area contributed by atoms with Crippen molar-refractivity contribution < 1.29 is 0 Å². The van der Waals surface area contributed by atoms with Crippen molar-refractivity contribution in [1.29, 1.82) is 0 Å². The van der Waals surface area contributed by atoms with Crippen LogP contribution in [0.25, 0.3) is 11.2 Å². The van der Waals surface area contributed by atoms with E-state index in [0.717, 1.165) is 22.7 Å². The summed E-state index contributed by atoms with van der Waals surface area (Å²) in [6.07, 6.45) is 3.32. The zero-order valence-corrected chi connectivity index (χ0v) is 10.3. The van der Waals surface area contributed by atoms with Crippen molar-refractivity contribution in [2.24, 2.45) is 7.05 Å². The number of anilines is 2. The highest BCUT2D eigenvalue weighted by atomic mass is 15.2. The molecule has 0 radical (unpaired) electrons. The molecule has 5 heteroatoms. The predicted molar refractivity (Wildman–Crippen MR) is 70.8 cm³/mol. The summed E-state index contributed by atoms with van der Waals surface area (Å²) in [5.41, 5.74) is 2.72. The maximum absolute atomic E-state index is 4.36. The minimum atomic E-state index is 0.811. The molecule has 0 fully saturated rings. The summed E-state index contributed by atoms with van der Waals surface area (Å²) in [5.74, 6) is 0.812. The third-order valence-corrected chi connectivity index (χ3v) is 2.94. The Morgan fingerprint density at radius 2 is 1.83 bits per heavy atom. The van der Waals surface area contributed by atoms with Crippen LogP contribution in [0.4, 0.5) is 11.5 Å². The second kappa shape index (κ2) is 4.10. The van der Waals surface area contributed by atoms with E-state index in [1.807, 2.05) is 53.9 Å². The SMILES string of the molecule is CN(c1ccccc1)c1ncnc2c1ncn2C. The average molecular weight is 239 g/mol. The van der Waals surface area contributed by atoms with E-state index in [-0.39, 0.29) is 0 Å². The molecule has 0 saturated heterocycles. The van der Waals surface area contributed by atoms with Crippen molar-refractivity contribution in [2.75, 3.05) is 11.9 Å². The number of hydrogen-bond acceptors (Lipinski definition) is 4. The Hall–Kier alpha value is -2.43. The normalized spacial score (nSPS) is 10.8. The van der Waals surface area contributed by atoms with Crippen LogP contribution in [0.15, 0.2) is 43.0 Å². The summed E-state index contributed by atoms with van der Waals surface area (Å²) in [5, 5.41) is 0. The van der Waals surface area contributed by atoms with Gasteiger partial charge in [-0.1, -0.05) is 18.2 Å². The number of imidazole rings is 1. The molecule has 0 spiro atoms. The number of aryl methyl sites for hydroxylation is 1. The van der Waals surface area contributed by atoms with Gasteiger partial charge in [-0.2, -0.15) is 0 Å². The summed E-state index contributed by atoms with van der Waals surface area (Å²) in [7, 11) is 3.90. The van der Waals surface area contributed by atoms with Crippen LogP contribution in [0.1, 0.15) is 0 Å². The molecule has 0 bridgehead atoms. The molecule has 2 aromatic heterocycles. The third kappa shape index (κ3) is 1.60. The van der Waals surface area contributed by atoms with Crippen LogP contribution in [0.3, 0.4) is 0 Å². The first-order valence-electron chi connectivity index (χ1n) is 5.68. The Kier molecular flexibility index (Phi) is 2.44. The molecule has 0 aliphatic carbocycles. The van der Waals surface area contributed by atoms with Crippen molar-refractivity contribution in [2.45, 2.75) is 0 Å². The van der Waals surface area contributed by atoms with Crippen molar-refractivity contribution >= 4 is 22.7 Å². The number of benzene rings is 1. The van der Waals surface area contributed by atoms with E-state index in [2.05, 4.69) is 15.0 Å². The lowest BCUT2D eigenvalue weighted by Gasteiger charge is -2.18. The first-order valence-corrected chi connectivity index (χ1v) is 5.68. The Bertz CT molecular complexity index is 674. The van der Waals surface area contributed by atoms with E-state index in [4.69, 9.17) is 0 Å². The van der Waals surface area contributed by atoms with Gasteiger partial charge in [0.15, 0.2) is 17.0 Å². The fourth-order valence-corrected chi connectivity index (χ4v) is 1.95. The lowest BCUT2D eigenvalue weighted by molar-refractivity contribution is 0.927. The second-order valence-corrected chi connectivity index (χ2v) is 4.12. The number of rotatable bonds is 2. The number of para-hydroxylation sites is 1. The fourth-order valence-electron chi connectivity index (χ4n) is 1.95. The van der Waals surface area contributed by atoms with Crippen molar-refractivity contribution in [3.63, 3.8) is 0 Å². The van der Waals surface area contributed by atoms with Crippen LogP contribution >= 0.6 is 0 Å². The van der Waals surface area contributed by atoms with Crippen molar-refractivity contribution in [3.8, 4) is 0 Å². The second-order valence-electron chi connectivity index (χ2n) is 4.12. The zero-order chi connectivity index (χ0) is 12.5. The number of fused-ring (bicyclic) bond motifs is 1. The molecule has 0 N–H and O–H groups in total. The number of nitrogens with zero attached hydrogens (tertiary/aromatic N) is 5. The summed E-state index contributed by atoms with van der Waals surface area (Å²) >= 11 is 0. The summed E-state index contributed by atoms with van der Waals surface area (Å²) in [6.45, 7) is 0. The van der Waals surface area contributed by atoms with Gasteiger partial charge < -0.3 is 9.47 Å². The highest BCUT2D eigenvalue weighted by Crippen LogP contribution is 2.26. The van der Waals surface area contributed by atoms with Crippen molar-refractivity contribution in [3.05, 3.63) is 43.0 Å². The quantitative estimate of drug-likeness (QED) is 0.687. The Labute approximate surface area is 105 Å². The molecule has 18 heavy (non-hydrogen) atoms. The summed E-state index contributed by atoms with van der Waals surface area (Å²) in [6, 6.07) is 10.1. The molecule has 2 heterocycles. The fraction of sp³-hybridized carbons (Fsp3) is 0.154. The highest BCUT2D eigenvalue weighted by Gasteiger charge is 2.13. The first-order chi connectivity index (χ1) is 8.77. The van der Waals surface area contributed by atoms with Gasteiger partial charge in [0.25, 0.3) is 0 Å². The van der Waals surface area contributed by atoms with E-state index in [1.54, 1.807) is 12.7 Å². The van der Waals surface area contributed by atoms with Crippen LogP contribution in [0.5, 0.6) is 0 Å². The van der Waals surface area contributed by atoms with Crippen LogP contribution in [-0.2, 0) is 7.05 Å². The van der Waals surface area contributed by atoms with Gasteiger partial charge in [0.1, 0.15) is 6.33 Å². The monoisotopic (exact) mass is 239 g/mol. The standard InChI is InChI=1S/C13H13N5/c1-17-9-16-11-12(17)14-8-15-13(11)18(2)10-6-4-3-5-7-10/h3-9H,1-2H3. The smallest absolute Gasteiger partial charge is 0.165 e. The van der Waals surface area contributed by atoms with E-state index >= 15 is 0 Å². The van der Waals surface area contributed by atoms with Gasteiger partial charge in [0.05, 0.1) is 6.33 Å². The molecule has 90 valence electrons. The molecule has 0 atom stereocenters. The maximum atomic E-state index is 4.36. The van der Waals surface area contributed by atoms with Crippen LogP contribution < -0.4 is 4.90 Å². The lowest BCUT2D eigenvalue weighted by Crippen LogP contribution is -2.12. The zero-order valence-electron chi connectivity index (χ0n) is 10.3. The Balaban J connectivity index is 2.15. The minimum Gasteiger partial charge on any atom is -0.328 e. The van der Waals surface area contributed by atoms with Gasteiger partial charge >= 0.3 is 0 Å². The van der Waals surface area contributed by atoms with E-state index < -0.39 is 0 Å². The van der Waals surface area contributed by atoms with Gasteiger partial charge in [-0.15, -0.1) is 0 Å². The van der Waals surface area contributed by atoms with E-state index in [1.165, 1.54) is 0 Å². The third-order valence-electron chi connectivity index (χ3n) is 2.94. The number of hydrogen-bond donors (Lipinski definition) is 0. The molecule has 0 aliphatic heterocycles. The molecular weight excluding hydrogens is 226 g/mol. The highest BCUT2D eigenvalue weighted by molar-refractivity contribution is 5.85. The van der Waals surface area contributed by atoms with E-state index in [0.29, 0.717) is 0 Å². The molecule has 0 aliphatic rings. The van der Waals surface area contributed by atoms with Crippen LogP contribution in [0, 0.1) is 0 Å². The largest absolute Gasteiger partial charge is 0.328 e. The minimum absolute atomic E-state index is 0.811. The molecule has 0 saturated carbocycles. The van der Waals surface area contributed by atoms with Gasteiger partial charge in [-0.3, -0.25) is 0 Å². The van der Waals surface area contributed by atoms with Gasteiger partial charge in [-0.25, -0.2) is 15.0 Å². The van der Waals surface area contributed by atoms with Crippen molar-refractivity contribution in [1.82, 2.24) is 19.5 Å².